The predicted molar refractivity (Wildman–Crippen MR) is 109 cm³/mol. The van der Waals surface area contributed by atoms with Crippen LogP contribution in [0.25, 0.3) is 10.9 Å². The lowest BCUT2D eigenvalue weighted by Gasteiger charge is -2.27. The van der Waals surface area contributed by atoms with Crippen LogP contribution in [-0.2, 0) is 11.3 Å². The van der Waals surface area contributed by atoms with Crippen molar-refractivity contribution in [2.75, 3.05) is 31.6 Å². The van der Waals surface area contributed by atoms with E-state index < -0.39 is 0 Å². The highest BCUT2D eigenvalue weighted by Gasteiger charge is 2.23. The molecule has 1 fully saturated rings. The molecule has 0 saturated carbocycles. The minimum absolute atomic E-state index is 0.0111. The highest BCUT2D eigenvalue weighted by molar-refractivity contribution is 9.10. The van der Waals surface area contributed by atoms with Gasteiger partial charge in [0.2, 0.25) is 0 Å². The van der Waals surface area contributed by atoms with Crippen LogP contribution in [0.15, 0.2) is 41.1 Å². The van der Waals surface area contributed by atoms with Gasteiger partial charge in [0.1, 0.15) is 0 Å². The SMILES string of the molecule is Cc1c[nH]c2c(NCc3cccc(Br)c3)ncc(C(=O)N3CCOCC3)c12. The fraction of sp³-hybridized carbons (Fsp3) is 0.300. The molecule has 0 radical (unpaired) electrons. The van der Waals surface area contributed by atoms with E-state index in [1.165, 1.54) is 0 Å². The Kier molecular flexibility index (Phi) is 5.13. The minimum Gasteiger partial charge on any atom is -0.378 e. The molecule has 3 aromatic rings. The maximum atomic E-state index is 13.0. The number of halogens is 1. The van der Waals surface area contributed by atoms with E-state index in [4.69, 9.17) is 4.74 Å². The first-order valence-electron chi connectivity index (χ1n) is 8.95. The van der Waals surface area contributed by atoms with E-state index in [9.17, 15) is 4.79 Å². The number of aryl methyl sites for hydroxylation is 1. The van der Waals surface area contributed by atoms with Crippen molar-refractivity contribution in [2.24, 2.45) is 0 Å². The quantitative estimate of drug-likeness (QED) is 0.664. The van der Waals surface area contributed by atoms with Crippen LogP contribution in [0.4, 0.5) is 5.82 Å². The van der Waals surface area contributed by atoms with E-state index in [0.717, 1.165) is 32.3 Å². The topological polar surface area (TPSA) is 70.2 Å². The van der Waals surface area contributed by atoms with Gasteiger partial charge in [-0.05, 0) is 30.2 Å². The van der Waals surface area contributed by atoms with Gasteiger partial charge in [0.05, 0.1) is 24.3 Å². The number of H-pyrrole nitrogens is 1. The Morgan fingerprint density at radius 3 is 2.96 bits per heavy atom. The highest BCUT2D eigenvalue weighted by atomic mass is 79.9. The van der Waals surface area contributed by atoms with E-state index >= 15 is 0 Å². The molecule has 1 aromatic carbocycles. The Balaban J connectivity index is 1.63. The van der Waals surface area contributed by atoms with Crippen molar-refractivity contribution >= 4 is 38.6 Å². The molecule has 2 aromatic heterocycles. The van der Waals surface area contributed by atoms with Crippen LogP contribution in [-0.4, -0.2) is 47.1 Å². The van der Waals surface area contributed by atoms with Crippen LogP contribution in [0.2, 0.25) is 0 Å². The Labute approximate surface area is 166 Å². The summed E-state index contributed by atoms with van der Waals surface area (Å²) >= 11 is 3.49. The third-order valence-electron chi connectivity index (χ3n) is 4.78. The summed E-state index contributed by atoms with van der Waals surface area (Å²) in [5.74, 6) is 0.758. The molecule has 0 atom stereocenters. The predicted octanol–water partition coefficient (Wildman–Crippen LogP) is 3.72. The molecule has 3 heterocycles. The lowest BCUT2D eigenvalue weighted by Crippen LogP contribution is -2.40. The number of anilines is 1. The summed E-state index contributed by atoms with van der Waals surface area (Å²) in [6.07, 6.45) is 3.61. The summed E-state index contributed by atoms with van der Waals surface area (Å²) in [6.45, 7) is 5.06. The lowest BCUT2D eigenvalue weighted by atomic mass is 10.1. The number of nitrogens with one attached hydrogen (secondary N) is 2. The summed E-state index contributed by atoms with van der Waals surface area (Å²) < 4.78 is 6.40. The lowest BCUT2D eigenvalue weighted by molar-refractivity contribution is 0.0304. The molecule has 27 heavy (non-hydrogen) atoms. The zero-order valence-corrected chi connectivity index (χ0v) is 16.7. The number of rotatable bonds is 4. The van der Waals surface area contributed by atoms with Gasteiger partial charge in [0.25, 0.3) is 5.91 Å². The molecule has 7 heteroatoms. The summed E-state index contributed by atoms with van der Waals surface area (Å²) in [5, 5.41) is 4.31. The number of ether oxygens (including phenoxy) is 1. The minimum atomic E-state index is 0.0111. The number of aromatic nitrogens is 2. The second kappa shape index (κ2) is 7.70. The van der Waals surface area contributed by atoms with Crippen LogP contribution in [0.5, 0.6) is 0 Å². The van der Waals surface area contributed by atoms with Crippen molar-refractivity contribution in [3.05, 3.63) is 57.8 Å². The molecule has 0 bridgehead atoms. The van der Waals surface area contributed by atoms with E-state index in [-0.39, 0.29) is 5.91 Å². The Morgan fingerprint density at radius 1 is 1.37 bits per heavy atom. The summed E-state index contributed by atoms with van der Waals surface area (Å²) in [4.78, 5) is 22.6. The number of amides is 1. The van der Waals surface area contributed by atoms with Crippen molar-refractivity contribution in [2.45, 2.75) is 13.5 Å². The largest absolute Gasteiger partial charge is 0.378 e. The highest BCUT2D eigenvalue weighted by Crippen LogP contribution is 2.28. The van der Waals surface area contributed by atoms with Gasteiger partial charge in [0, 0.05) is 41.9 Å². The molecule has 4 rings (SSSR count). The number of aromatic amines is 1. The van der Waals surface area contributed by atoms with E-state index in [1.807, 2.05) is 30.2 Å². The van der Waals surface area contributed by atoms with E-state index in [1.54, 1.807) is 6.20 Å². The summed E-state index contributed by atoms with van der Waals surface area (Å²) in [6, 6.07) is 8.14. The second-order valence-corrected chi connectivity index (χ2v) is 7.55. The molecule has 6 nitrogen and oxygen atoms in total. The number of morpholine rings is 1. The van der Waals surface area contributed by atoms with E-state index in [2.05, 4.69) is 43.3 Å². The zero-order chi connectivity index (χ0) is 18.8. The van der Waals surface area contributed by atoms with Crippen molar-refractivity contribution in [1.29, 1.82) is 0 Å². The molecule has 1 aliphatic heterocycles. The third-order valence-corrected chi connectivity index (χ3v) is 5.28. The van der Waals surface area contributed by atoms with Gasteiger partial charge in [-0.15, -0.1) is 0 Å². The van der Waals surface area contributed by atoms with Gasteiger partial charge in [-0.25, -0.2) is 4.98 Å². The number of fused-ring (bicyclic) bond motifs is 1. The normalized spacial score (nSPS) is 14.5. The van der Waals surface area contributed by atoms with Gasteiger partial charge >= 0.3 is 0 Å². The smallest absolute Gasteiger partial charge is 0.256 e. The zero-order valence-electron chi connectivity index (χ0n) is 15.1. The number of nitrogens with zero attached hydrogens (tertiary/aromatic N) is 2. The van der Waals surface area contributed by atoms with Crippen molar-refractivity contribution < 1.29 is 9.53 Å². The average Bonchev–Trinajstić information content (AvgIpc) is 3.08. The van der Waals surface area contributed by atoms with Crippen molar-refractivity contribution in [1.82, 2.24) is 14.9 Å². The number of hydrogen-bond donors (Lipinski definition) is 2. The van der Waals surface area contributed by atoms with Crippen LogP contribution in [0.3, 0.4) is 0 Å². The Bertz CT molecular complexity index is 979. The van der Waals surface area contributed by atoms with Crippen LogP contribution in [0.1, 0.15) is 21.5 Å². The van der Waals surface area contributed by atoms with Gasteiger partial charge in [-0.1, -0.05) is 28.1 Å². The average molecular weight is 429 g/mol. The first-order chi connectivity index (χ1) is 13.1. The van der Waals surface area contributed by atoms with E-state index in [0.29, 0.717) is 38.4 Å². The van der Waals surface area contributed by atoms with Crippen LogP contribution in [0, 0.1) is 6.92 Å². The van der Waals surface area contributed by atoms with Gasteiger partial charge in [-0.3, -0.25) is 4.79 Å². The standard InChI is InChI=1S/C20H21BrN4O2/c1-13-10-22-18-17(13)16(20(26)25-5-7-27-8-6-25)12-24-19(18)23-11-14-3-2-4-15(21)9-14/h2-4,9-10,12,22H,5-8,11H2,1H3,(H,23,24). The van der Waals surface area contributed by atoms with Crippen molar-refractivity contribution in [3.8, 4) is 0 Å². The molecule has 1 aliphatic rings. The summed E-state index contributed by atoms with van der Waals surface area (Å²) in [5.41, 5.74) is 3.69. The Morgan fingerprint density at radius 2 is 2.19 bits per heavy atom. The maximum absolute atomic E-state index is 13.0. The number of hydrogen-bond acceptors (Lipinski definition) is 4. The Hall–Kier alpha value is -2.38. The molecule has 1 saturated heterocycles. The molecular weight excluding hydrogens is 408 g/mol. The molecular formula is C20H21BrN4O2. The number of benzene rings is 1. The molecule has 1 amide bonds. The van der Waals surface area contributed by atoms with Gasteiger partial charge in [0.15, 0.2) is 5.82 Å². The molecule has 0 unspecified atom stereocenters. The molecule has 0 aliphatic carbocycles. The third kappa shape index (κ3) is 3.70. The van der Waals surface area contributed by atoms with Gasteiger partial charge < -0.3 is 19.9 Å². The maximum Gasteiger partial charge on any atom is 0.256 e. The first-order valence-corrected chi connectivity index (χ1v) is 9.75. The first kappa shape index (κ1) is 18.0. The number of carbonyl (C=O) groups excluding carboxylic acids is 1. The molecule has 140 valence electrons. The fourth-order valence-corrected chi connectivity index (χ4v) is 3.83. The van der Waals surface area contributed by atoms with Crippen LogP contribution >= 0.6 is 15.9 Å². The molecule has 2 N–H and O–H groups in total. The summed E-state index contributed by atoms with van der Waals surface area (Å²) in [7, 11) is 0. The van der Waals surface area contributed by atoms with Crippen molar-refractivity contribution in [3.63, 3.8) is 0 Å². The van der Waals surface area contributed by atoms with Crippen LogP contribution < -0.4 is 5.32 Å². The number of pyridine rings is 1. The molecule has 0 spiro atoms. The monoisotopic (exact) mass is 428 g/mol. The van der Waals surface area contributed by atoms with Gasteiger partial charge in [-0.2, -0.15) is 0 Å². The number of carbonyl (C=O) groups is 1. The second-order valence-electron chi connectivity index (χ2n) is 6.63. The fourth-order valence-electron chi connectivity index (χ4n) is 3.38.